The fourth-order valence-electron chi connectivity index (χ4n) is 1.21. The summed E-state index contributed by atoms with van der Waals surface area (Å²) < 4.78 is 6.11. The van der Waals surface area contributed by atoms with E-state index in [1.54, 1.807) is 6.08 Å². The number of benzene rings is 1. The van der Waals surface area contributed by atoms with Crippen LogP contribution in [0.2, 0.25) is 0 Å². The first-order valence-electron chi connectivity index (χ1n) is 5.32. The van der Waals surface area contributed by atoms with Crippen LogP contribution in [0.4, 0.5) is 0 Å². The van der Waals surface area contributed by atoms with Crippen LogP contribution < -0.4 is 0 Å². The van der Waals surface area contributed by atoms with E-state index in [9.17, 15) is 5.21 Å². The quantitative estimate of drug-likeness (QED) is 0.176. The lowest BCUT2D eigenvalue weighted by atomic mass is 10.2. The van der Waals surface area contributed by atoms with Gasteiger partial charge in [0, 0.05) is 5.56 Å². The van der Waals surface area contributed by atoms with E-state index in [-0.39, 0.29) is 0 Å². The highest BCUT2D eigenvalue weighted by molar-refractivity contribution is 5.52. The molecular weight excluding hydrogens is 202 g/mol. The maximum atomic E-state index is 11.4. The zero-order valence-corrected chi connectivity index (χ0v) is 9.34. The van der Waals surface area contributed by atoms with E-state index >= 15 is 0 Å². The van der Waals surface area contributed by atoms with Crippen molar-refractivity contribution in [2.75, 3.05) is 13.2 Å². The molecule has 1 aromatic carbocycles. The lowest BCUT2D eigenvalue weighted by Gasteiger charge is -2.04. The number of hydrogen-bond donors (Lipinski definition) is 0. The summed E-state index contributed by atoms with van der Waals surface area (Å²) >= 11 is 0. The lowest BCUT2D eigenvalue weighted by molar-refractivity contribution is -0.471. The van der Waals surface area contributed by atoms with Crippen molar-refractivity contribution >= 4 is 6.21 Å². The van der Waals surface area contributed by atoms with E-state index in [0.29, 0.717) is 19.8 Å². The first-order chi connectivity index (χ1) is 7.83. The van der Waals surface area contributed by atoms with Crippen LogP contribution in [0.3, 0.4) is 0 Å². The van der Waals surface area contributed by atoms with E-state index in [0.717, 1.165) is 16.7 Å². The Balaban J connectivity index is 2.26. The Kier molecular flexibility index (Phi) is 5.96. The third kappa shape index (κ3) is 5.32. The molecule has 0 aromatic heterocycles. The molecule has 0 bridgehead atoms. The van der Waals surface area contributed by atoms with Crippen LogP contribution in [0.1, 0.15) is 12.0 Å². The number of nitrogens with zero attached hydrogens (tertiary/aromatic N) is 1. The molecule has 0 unspecified atom stereocenters. The smallest absolute Gasteiger partial charge is 0.178 e. The predicted octanol–water partition coefficient (Wildman–Crippen LogP) is 2.36. The lowest BCUT2D eigenvalue weighted by Crippen LogP contribution is -2.09. The van der Waals surface area contributed by atoms with Crippen molar-refractivity contribution in [1.82, 2.24) is 0 Å². The third-order valence-electron chi connectivity index (χ3n) is 2.04. The van der Waals surface area contributed by atoms with Gasteiger partial charge in [0.15, 0.2) is 12.8 Å². The molecule has 0 fully saturated rings. The number of hydrogen-bond acceptors (Lipinski definition) is 2. The second kappa shape index (κ2) is 7.65. The van der Waals surface area contributed by atoms with E-state index in [1.165, 1.54) is 6.21 Å². The van der Waals surface area contributed by atoms with Gasteiger partial charge >= 0.3 is 0 Å². The highest BCUT2D eigenvalue weighted by Gasteiger charge is 1.96. The molecular formula is C13H17NO2. The molecule has 0 saturated carbocycles. The summed E-state index contributed by atoms with van der Waals surface area (Å²) in [6.45, 7) is 4.92. The molecule has 0 radical (unpaired) electrons. The van der Waals surface area contributed by atoms with Gasteiger partial charge in [0.2, 0.25) is 0 Å². The molecule has 1 rings (SSSR count). The van der Waals surface area contributed by atoms with Crippen molar-refractivity contribution in [2.45, 2.75) is 13.0 Å². The highest BCUT2D eigenvalue weighted by atomic mass is 16.5. The Morgan fingerprint density at radius 2 is 2.06 bits per heavy atom. The van der Waals surface area contributed by atoms with Crippen molar-refractivity contribution in [1.29, 1.82) is 0 Å². The fourth-order valence-corrected chi connectivity index (χ4v) is 1.21. The summed E-state index contributed by atoms with van der Waals surface area (Å²) in [6.07, 6.45) is 4.11. The Labute approximate surface area is 96.3 Å². The molecule has 0 spiro atoms. The number of rotatable bonds is 7. The minimum atomic E-state index is 0.351. The van der Waals surface area contributed by atoms with Crippen LogP contribution in [0.5, 0.6) is 0 Å². The van der Waals surface area contributed by atoms with Crippen molar-refractivity contribution in [3.8, 4) is 0 Å². The van der Waals surface area contributed by atoms with Crippen LogP contribution >= 0.6 is 0 Å². The van der Waals surface area contributed by atoms with E-state index in [4.69, 9.17) is 4.74 Å². The van der Waals surface area contributed by atoms with Gasteiger partial charge in [-0.2, -0.15) is 0 Å². The minimum Gasteiger partial charge on any atom is -0.624 e. The Bertz CT molecular complexity index is 333. The molecule has 3 heteroatoms. The average Bonchev–Trinajstić information content (AvgIpc) is 2.30. The molecule has 3 nitrogen and oxygen atoms in total. The standard InChI is InChI=1S/C13H17NO2/c1-2-3-10-16-11-9-14(15)12-13-7-5-4-6-8-13/h2,4-9H,1,3,10-12H2/b14-9-. The second-order valence-corrected chi connectivity index (χ2v) is 3.40. The zero-order valence-electron chi connectivity index (χ0n) is 9.34. The maximum absolute atomic E-state index is 11.4. The molecule has 0 aliphatic heterocycles. The largest absolute Gasteiger partial charge is 0.624 e. The van der Waals surface area contributed by atoms with Crippen molar-refractivity contribution in [2.24, 2.45) is 0 Å². The van der Waals surface area contributed by atoms with Crippen LogP contribution in [-0.4, -0.2) is 24.2 Å². The van der Waals surface area contributed by atoms with Crippen LogP contribution in [0.15, 0.2) is 43.0 Å². The topological polar surface area (TPSA) is 35.3 Å². The Morgan fingerprint density at radius 1 is 1.31 bits per heavy atom. The van der Waals surface area contributed by atoms with Crippen molar-refractivity contribution in [3.63, 3.8) is 0 Å². The van der Waals surface area contributed by atoms with Gasteiger partial charge in [-0.3, -0.25) is 0 Å². The summed E-state index contributed by atoms with van der Waals surface area (Å²) in [5.74, 6) is 0. The molecule has 0 saturated heterocycles. The van der Waals surface area contributed by atoms with Gasteiger partial charge < -0.3 is 9.94 Å². The molecule has 0 atom stereocenters. The monoisotopic (exact) mass is 219 g/mol. The summed E-state index contributed by atoms with van der Waals surface area (Å²) in [4.78, 5) is 0. The Morgan fingerprint density at radius 3 is 2.75 bits per heavy atom. The van der Waals surface area contributed by atoms with Crippen molar-refractivity contribution < 1.29 is 9.48 Å². The Hall–Kier alpha value is -1.61. The minimum absolute atomic E-state index is 0.351. The van der Waals surface area contributed by atoms with E-state index < -0.39 is 0 Å². The molecule has 0 N–H and O–H groups in total. The maximum Gasteiger partial charge on any atom is 0.178 e. The first kappa shape index (κ1) is 12.5. The van der Waals surface area contributed by atoms with Crippen LogP contribution in [0, 0.1) is 5.21 Å². The van der Waals surface area contributed by atoms with Gasteiger partial charge in [-0.05, 0) is 6.42 Å². The van der Waals surface area contributed by atoms with Gasteiger partial charge in [0.25, 0.3) is 0 Å². The average molecular weight is 219 g/mol. The normalized spacial score (nSPS) is 11.4. The van der Waals surface area contributed by atoms with E-state index in [2.05, 4.69) is 6.58 Å². The van der Waals surface area contributed by atoms with E-state index in [1.807, 2.05) is 30.3 Å². The number of ether oxygens (including phenoxy) is 1. The van der Waals surface area contributed by atoms with Gasteiger partial charge in [-0.1, -0.05) is 36.4 Å². The molecule has 0 amide bonds. The molecule has 0 aliphatic carbocycles. The van der Waals surface area contributed by atoms with Gasteiger partial charge in [0.1, 0.15) is 6.61 Å². The first-order valence-corrected chi connectivity index (χ1v) is 5.32. The van der Waals surface area contributed by atoms with Gasteiger partial charge in [-0.15, -0.1) is 6.58 Å². The molecule has 0 aliphatic rings. The predicted molar refractivity (Wildman–Crippen MR) is 65.5 cm³/mol. The van der Waals surface area contributed by atoms with Crippen LogP contribution in [-0.2, 0) is 11.3 Å². The second-order valence-electron chi connectivity index (χ2n) is 3.40. The summed E-state index contributed by atoms with van der Waals surface area (Å²) in [7, 11) is 0. The fraction of sp³-hybridized carbons (Fsp3) is 0.308. The third-order valence-corrected chi connectivity index (χ3v) is 2.04. The zero-order chi connectivity index (χ0) is 11.6. The van der Waals surface area contributed by atoms with Gasteiger partial charge in [-0.25, -0.2) is 4.74 Å². The number of hydroxylamine groups is 1. The molecule has 1 aromatic rings. The summed E-state index contributed by atoms with van der Waals surface area (Å²) in [6, 6.07) is 9.63. The molecule has 0 heterocycles. The van der Waals surface area contributed by atoms with Crippen LogP contribution in [0.25, 0.3) is 0 Å². The summed E-state index contributed by atoms with van der Waals surface area (Å²) in [5.41, 5.74) is 1.000. The SMILES string of the molecule is C=CCCOC/C=[N+](\[O-])Cc1ccccc1. The molecule has 86 valence electrons. The van der Waals surface area contributed by atoms with Gasteiger partial charge in [0.05, 0.1) is 6.61 Å². The highest BCUT2D eigenvalue weighted by Crippen LogP contribution is 1.99. The van der Waals surface area contributed by atoms with Crippen molar-refractivity contribution in [3.05, 3.63) is 53.8 Å². The summed E-state index contributed by atoms with van der Waals surface area (Å²) in [5, 5.41) is 11.4. The molecule has 16 heavy (non-hydrogen) atoms.